The van der Waals surface area contributed by atoms with Gasteiger partial charge in [0.1, 0.15) is 0 Å². The van der Waals surface area contributed by atoms with E-state index in [-0.39, 0.29) is 11.9 Å². The Labute approximate surface area is 166 Å². The third kappa shape index (κ3) is 5.03. The number of aryl methyl sites for hydroxylation is 1. The molecule has 6 nitrogen and oxygen atoms in total. The van der Waals surface area contributed by atoms with Gasteiger partial charge >= 0.3 is 5.97 Å². The van der Waals surface area contributed by atoms with Gasteiger partial charge in [-0.3, -0.25) is 4.79 Å². The lowest BCUT2D eigenvalue weighted by atomic mass is 10.2. The first-order valence-electron chi connectivity index (χ1n) is 9.58. The van der Waals surface area contributed by atoms with E-state index in [9.17, 15) is 9.59 Å². The fraction of sp³-hybridized carbons (Fsp3) is 0.364. The summed E-state index contributed by atoms with van der Waals surface area (Å²) in [6, 6.07) is 15.6. The molecule has 0 saturated carbocycles. The molecule has 2 aromatic rings. The van der Waals surface area contributed by atoms with Crippen LogP contribution in [0.5, 0.6) is 0 Å². The molecule has 1 heterocycles. The maximum absolute atomic E-state index is 12.5. The zero-order chi connectivity index (χ0) is 19.9. The van der Waals surface area contributed by atoms with Crippen LogP contribution in [0.1, 0.15) is 22.3 Å². The molecule has 3 rings (SSSR count). The average molecular weight is 381 g/mol. The number of rotatable bonds is 6. The minimum atomic E-state index is -0.369. The number of hydrogen-bond acceptors (Lipinski definition) is 5. The first kappa shape index (κ1) is 19.7. The summed E-state index contributed by atoms with van der Waals surface area (Å²) < 4.78 is 4.73. The van der Waals surface area contributed by atoms with Crippen molar-refractivity contribution >= 4 is 23.3 Å². The van der Waals surface area contributed by atoms with E-state index in [0.717, 1.165) is 31.9 Å². The van der Waals surface area contributed by atoms with Crippen LogP contribution in [0, 0.1) is 6.92 Å². The first-order valence-corrected chi connectivity index (χ1v) is 9.58. The molecular weight excluding hydrogens is 354 g/mol. The van der Waals surface area contributed by atoms with Crippen LogP contribution in [0.25, 0.3) is 0 Å². The van der Waals surface area contributed by atoms with Crippen LogP contribution >= 0.6 is 0 Å². The summed E-state index contributed by atoms with van der Waals surface area (Å²) in [6.07, 6.45) is 0.424. The van der Waals surface area contributed by atoms with Gasteiger partial charge in [-0.2, -0.15) is 0 Å². The Kier molecular flexibility index (Phi) is 6.53. The molecule has 0 bridgehead atoms. The third-order valence-electron chi connectivity index (χ3n) is 4.95. The Morgan fingerprint density at radius 2 is 1.79 bits per heavy atom. The van der Waals surface area contributed by atoms with Crippen LogP contribution in [-0.4, -0.2) is 56.6 Å². The van der Waals surface area contributed by atoms with E-state index in [0.29, 0.717) is 18.5 Å². The molecule has 0 atom stereocenters. The van der Waals surface area contributed by atoms with Gasteiger partial charge in [0, 0.05) is 50.5 Å². The van der Waals surface area contributed by atoms with Crippen molar-refractivity contribution in [1.29, 1.82) is 0 Å². The molecule has 1 aliphatic rings. The summed E-state index contributed by atoms with van der Waals surface area (Å²) in [7, 11) is 1.36. The number of amides is 1. The number of nitrogens with one attached hydrogen (secondary N) is 1. The van der Waals surface area contributed by atoms with E-state index >= 15 is 0 Å². The second-order valence-corrected chi connectivity index (χ2v) is 6.96. The Hall–Kier alpha value is -3.02. The lowest BCUT2D eigenvalue weighted by Gasteiger charge is -2.36. The molecule has 28 heavy (non-hydrogen) atoms. The maximum Gasteiger partial charge on any atom is 0.337 e. The van der Waals surface area contributed by atoms with Gasteiger partial charge in [-0.15, -0.1) is 0 Å². The summed E-state index contributed by atoms with van der Waals surface area (Å²) in [4.78, 5) is 28.3. The summed E-state index contributed by atoms with van der Waals surface area (Å²) >= 11 is 0. The van der Waals surface area contributed by atoms with E-state index in [2.05, 4.69) is 41.4 Å². The minimum Gasteiger partial charge on any atom is -0.465 e. The largest absolute Gasteiger partial charge is 0.465 e. The van der Waals surface area contributed by atoms with Gasteiger partial charge in [-0.05, 0) is 42.8 Å². The Morgan fingerprint density at radius 3 is 2.50 bits per heavy atom. The highest BCUT2D eigenvalue weighted by Crippen LogP contribution is 2.18. The molecule has 148 valence electrons. The molecule has 6 heteroatoms. The number of benzene rings is 2. The lowest BCUT2D eigenvalue weighted by Crippen LogP contribution is -2.49. The van der Waals surface area contributed by atoms with Crippen molar-refractivity contribution in [2.24, 2.45) is 0 Å². The second kappa shape index (κ2) is 9.26. The van der Waals surface area contributed by atoms with Crippen LogP contribution < -0.4 is 10.2 Å². The molecule has 0 spiro atoms. The second-order valence-electron chi connectivity index (χ2n) is 6.96. The summed E-state index contributed by atoms with van der Waals surface area (Å²) in [5.74, 6) is -0.216. The molecule has 1 aliphatic heterocycles. The van der Waals surface area contributed by atoms with Gasteiger partial charge < -0.3 is 19.9 Å². The summed E-state index contributed by atoms with van der Waals surface area (Å²) in [6.45, 7) is 5.81. The van der Waals surface area contributed by atoms with Crippen LogP contribution in [0.2, 0.25) is 0 Å². The zero-order valence-corrected chi connectivity index (χ0v) is 16.5. The number of nitrogens with zero attached hydrogens (tertiary/aromatic N) is 2. The number of ether oxygens (including phenoxy) is 1. The van der Waals surface area contributed by atoms with Gasteiger partial charge in [0.15, 0.2) is 0 Å². The molecule has 2 aromatic carbocycles. The molecule has 0 radical (unpaired) electrons. The van der Waals surface area contributed by atoms with Crippen LogP contribution in [0.15, 0.2) is 48.5 Å². The van der Waals surface area contributed by atoms with Crippen molar-refractivity contribution in [2.75, 3.05) is 50.1 Å². The molecule has 1 saturated heterocycles. The van der Waals surface area contributed by atoms with Crippen LogP contribution in [0.4, 0.5) is 11.4 Å². The number of piperazine rings is 1. The van der Waals surface area contributed by atoms with Crippen LogP contribution in [-0.2, 0) is 9.53 Å². The maximum atomic E-state index is 12.5. The van der Waals surface area contributed by atoms with Crippen molar-refractivity contribution in [3.63, 3.8) is 0 Å². The quantitative estimate of drug-likeness (QED) is 0.780. The van der Waals surface area contributed by atoms with E-state index in [1.165, 1.54) is 18.4 Å². The van der Waals surface area contributed by atoms with Crippen molar-refractivity contribution in [3.05, 3.63) is 59.7 Å². The molecule has 1 amide bonds. The summed E-state index contributed by atoms with van der Waals surface area (Å²) in [5.41, 5.74) is 3.77. The van der Waals surface area contributed by atoms with E-state index in [4.69, 9.17) is 4.74 Å². The van der Waals surface area contributed by atoms with Gasteiger partial charge in [-0.1, -0.05) is 18.2 Å². The van der Waals surface area contributed by atoms with E-state index in [1.54, 1.807) is 18.2 Å². The molecule has 0 unspecified atom stereocenters. The number of carbonyl (C=O) groups is 2. The first-order chi connectivity index (χ1) is 13.6. The van der Waals surface area contributed by atoms with Crippen LogP contribution in [0.3, 0.4) is 0 Å². The van der Waals surface area contributed by atoms with E-state index in [1.807, 2.05) is 11.0 Å². The SMILES string of the molecule is COC(=O)c1cccc(NCCC(=O)N2CCN(c3cccc(C)c3)CC2)c1. The van der Waals surface area contributed by atoms with Crippen molar-refractivity contribution < 1.29 is 14.3 Å². The van der Waals surface area contributed by atoms with Gasteiger partial charge in [0.05, 0.1) is 12.7 Å². The van der Waals surface area contributed by atoms with Crippen molar-refractivity contribution in [2.45, 2.75) is 13.3 Å². The zero-order valence-electron chi connectivity index (χ0n) is 16.5. The minimum absolute atomic E-state index is 0.153. The molecule has 1 fully saturated rings. The third-order valence-corrected chi connectivity index (χ3v) is 4.95. The highest BCUT2D eigenvalue weighted by Gasteiger charge is 2.21. The van der Waals surface area contributed by atoms with Crippen molar-refractivity contribution in [1.82, 2.24) is 4.90 Å². The number of carbonyl (C=O) groups excluding carboxylic acids is 2. The smallest absolute Gasteiger partial charge is 0.337 e. The van der Waals surface area contributed by atoms with Gasteiger partial charge in [0.2, 0.25) is 5.91 Å². The fourth-order valence-electron chi connectivity index (χ4n) is 3.38. The van der Waals surface area contributed by atoms with Gasteiger partial charge in [-0.25, -0.2) is 4.79 Å². The number of hydrogen-bond donors (Lipinski definition) is 1. The summed E-state index contributed by atoms with van der Waals surface area (Å²) in [5, 5.41) is 3.21. The molecule has 1 N–H and O–H groups in total. The Morgan fingerprint density at radius 1 is 1.04 bits per heavy atom. The monoisotopic (exact) mass is 381 g/mol. The topological polar surface area (TPSA) is 61.9 Å². The Bertz CT molecular complexity index is 829. The normalized spacial score (nSPS) is 13.9. The van der Waals surface area contributed by atoms with Gasteiger partial charge in [0.25, 0.3) is 0 Å². The predicted octanol–water partition coefficient (Wildman–Crippen LogP) is 2.93. The predicted molar refractivity (Wildman–Crippen MR) is 111 cm³/mol. The standard InChI is InChI=1S/C22H27N3O3/c1-17-5-3-8-20(15-17)24-11-13-25(14-12-24)21(26)9-10-23-19-7-4-6-18(16-19)22(27)28-2/h3-8,15-16,23H,9-14H2,1-2H3. The average Bonchev–Trinajstić information content (AvgIpc) is 2.73. The van der Waals surface area contributed by atoms with Crippen molar-refractivity contribution in [3.8, 4) is 0 Å². The number of anilines is 2. The van der Waals surface area contributed by atoms with E-state index < -0.39 is 0 Å². The molecule has 0 aliphatic carbocycles. The number of esters is 1. The number of methoxy groups -OCH3 is 1. The lowest BCUT2D eigenvalue weighted by molar-refractivity contribution is -0.131. The highest BCUT2D eigenvalue weighted by molar-refractivity contribution is 5.90. The fourth-order valence-corrected chi connectivity index (χ4v) is 3.38. The molecular formula is C22H27N3O3. The highest BCUT2D eigenvalue weighted by atomic mass is 16.5. The Balaban J connectivity index is 1.44. The molecule has 0 aromatic heterocycles.